The second-order valence-electron chi connectivity index (χ2n) is 6.17. The fourth-order valence-corrected chi connectivity index (χ4v) is 3.95. The molecule has 0 amide bonds. The molecule has 3 rings (SSSR count). The monoisotopic (exact) mass is 252 g/mol. The molecule has 2 fully saturated rings. The Hall–Kier alpha value is -0.380. The predicted octanol–water partition coefficient (Wildman–Crippen LogP) is 2.02. The van der Waals surface area contributed by atoms with E-state index in [0.29, 0.717) is 6.42 Å². The zero-order valence-corrected chi connectivity index (χ0v) is 10.9. The molecule has 0 radical (unpaired) electrons. The molecule has 18 heavy (non-hydrogen) atoms. The molecule has 3 heteroatoms. The van der Waals surface area contributed by atoms with Gasteiger partial charge in [0.05, 0.1) is 18.8 Å². The summed E-state index contributed by atoms with van der Waals surface area (Å²) in [5.41, 5.74) is 1.38. The van der Waals surface area contributed by atoms with E-state index in [-0.39, 0.29) is 18.8 Å². The van der Waals surface area contributed by atoms with E-state index >= 15 is 0 Å². The van der Waals surface area contributed by atoms with Gasteiger partial charge < -0.3 is 14.9 Å². The van der Waals surface area contributed by atoms with Crippen molar-refractivity contribution in [2.75, 3.05) is 6.61 Å². The number of aliphatic hydroxyl groups is 2. The van der Waals surface area contributed by atoms with Crippen LogP contribution < -0.4 is 0 Å². The summed E-state index contributed by atoms with van der Waals surface area (Å²) < 4.78 is 5.77. The van der Waals surface area contributed by atoms with Gasteiger partial charge in [0, 0.05) is 6.42 Å². The number of hydrogen-bond donors (Lipinski definition) is 2. The van der Waals surface area contributed by atoms with Crippen molar-refractivity contribution in [2.24, 2.45) is 11.8 Å². The minimum atomic E-state index is -0.495. The molecule has 0 aromatic rings. The van der Waals surface area contributed by atoms with Gasteiger partial charge in [0.2, 0.25) is 0 Å². The van der Waals surface area contributed by atoms with Crippen molar-refractivity contribution in [1.29, 1.82) is 0 Å². The molecule has 2 aliphatic carbocycles. The Bertz CT molecular complexity index is 326. The smallest absolute Gasteiger partial charge is 0.107 e. The van der Waals surface area contributed by atoms with Gasteiger partial charge in [-0.3, -0.25) is 0 Å². The highest BCUT2D eigenvalue weighted by atomic mass is 16.5. The maximum atomic E-state index is 9.81. The Balaban J connectivity index is 1.65. The van der Waals surface area contributed by atoms with Crippen LogP contribution in [0.25, 0.3) is 0 Å². The van der Waals surface area contributed by atoms with Crippen LogP contribution >= 0.6 is 0 Å². The number of hydrogen-bond acceptors (Lipinski definition) is 3. The van der Waals surface area contributed by atoms with E-state index in [1.165, 1.54) is 37.7 Å². The standard InChI is InChI=1S/C15H24O3/c16-9-15-13(17)8-14(18-15)12-6-5-10-3-1-2-4-11(10)7-12/h6,10-11,13-17H,1-5,7-9H2/t10?,11?,13?,14-,15-/m1/s1. The highest BCUT2D eigenvalue weighted by molar-refractivity contribution is 5.16. The van der Waals surface area contributed by atoms with E-state index in [1.54, 1.807) is 0 Å². The molecule has 3 unspecified atom stereocenters. The highest BCUT2D eigenvalue weighted by Crippen LogP contribution is 2.42. The fraction of sp³-hybridized carbons (Fsp3) is 0.867. The molecule has 0 aromatic heterocycles. The van der Waals surface area contributed by atoms with E-state index in [4.69, 9.17) is 9.84 Å². The summed E-state index contributed by atoms with van der Waals surface area (Å²) >= 11 is 0. The zero-order chi connectivity index (χ0) is 12.5. The van der Waals surface area contributed by atoms with Crippen molar-refractivity contribution in [3.8, 4) is 0 Å². The van der Waals surface area contributed by atoms with E-state index in [2.05, 4.69) is 6.08 Å². The number of fused-ring (bicyclic) bond motifs is 1. The molecule has 2 N–H and O–H groups in total. The van der Waals surface area contributed by atoms with Crippen molar-refractivity contribution in [3.63, 3.8) is 0 Å². The quantitative estimate of drug-likeness (QED) is 0.739. The highest BCUT2D eigenvalue weighted by Gasteiger charge is 2.38. The molecule has 0 spiro atoms. The Morgan fingerprint density at radius 1 is 1.22 bits per heavy atom. The minimum Gasteiger partial charge on any atom is -0.394 e. The largest absolute Gasteiger partial charge is 0.394 e. The summed E-state index contributed by atoms with van der Waals surface area (Å²) in [4.78, 5) is 0. The Morgan fingerprint density at radius 2 is 2.00 bits per heavy atom. The van der Waals surface area contributed by atoms with Crippen LogP contribution in [0.5, 0.6) is 0 Å². The average molecular weight is 252 g/mol. The van der Waals surface area contributed by atoms with Crippen molar-refractivity contribution in [2.45, 2.75) is 63.3 Å². The lowest BCUT2D eigenvalue weighted by molar-refractivity contribution is -0.0151. The molecule has 0 bridgehead atoms. The van der Waals surface area contributed by atoms with Crippen LogP contribution in [-0.2, 0) is 4.74 Å². The second kappa shape index (κ2) is 5.32. The SMILES string of the molecule is OC[C@H]1O[C@@H](C2=CCC3CCCCC3C2)CC1O. The third kappa shape index (κ3) is 2.36. The van der Waals surface area contributed by atoms with E-state index < -0.39 is 6.10 Å². The number of ether oxygens (including phenoxy) is 1. The first-order valence-electron chi connectivity index (χ1n) is 7.41. The summed E-state index contributed by atoms with van der Waals surface area (Å²) in [6.45, 7) is -0.0724. The summed E-state index contributed by atoms with van der Waals surface area (Å²) in [6.07, 6.45) is 10.1. The number of aliphatic hydroxyl groups excluding tert-OH is 2. The van der Waals surface area contributed by atoms with Crippen LogP contribution in [0.2, 0.25) is 0 Å². The molecular formula is C15H24O3. The molecule has 5 atom stereocenters. The normalized spacial score (nSPS) is 44.6. The Morgan fingerprint density at radius 3 is 2.72 bits per heavy atom. The summed E-state index contributed by atoms with van der Waals surface area (Å²) in [6, 6.07) is 0. The molecular weight excluding hydrogens is 228 g/mol. The van der Waals surface area contributed by atoms with Crippen LogP contribution in [0.3, 0.4) is 0 Å². The van der Waals surface area contributed by atoms with Crippen LogP contribution in [0.15, 0.2) is 11.6 Å². The second-order valence-corrected chi connectivity index (χ2v) is 6.17. The van der Waals surface area contributed by atoms with E-state index in [0.717, 1.165) is 18.3 Å². The van der Waals surface area contributed by atoms with Crippen molar-refractivity contribution < 1.29 is 14.9 Å². The summed E-state index contributed by atoms with van der Waals surface area (Å²) in [7, 11) is 0. The average Bonchev–Trinajstić information content (AvgIpc) is 2.79. The summed E-state index contributed by atoms with van der Waals surface area (Å²) in [5, 5.41) is 18.9. The molecule has 1 saturated carbocycles. The van der Waals surface area contributed by atoms with Crippen LogP contribution in [0, 0.1) is 11.8 Å². The lowest BCUT2D eigenvalue weighted by atomic mass is 9.70. The minimum absolute atomic E-state index is 0.0556. The third-order valence-corrected chi connectivity index (χ3v) is 5.06. The van der Waals surface area contributed by atoms with Gasteiger partial charge in [-0.15, -0.1) is 0 Å². The van der Waals surface area contributed by atoms with E-state index in [9.17, 15) is 5.11 Å². The first-order valence-corrected chi connectivity index (χ1v) is 7.41. The third-order valence-electron chi connectivity index (χ3n) is 5.06. The molecule has 1 saturated heterocycles. The maximum absolute atomic E-state index is 9.81. The van der Waals surface area contributed by atoms with Crippen LogP contribution in [-0.4, -0.2) is 35.1 Å². The van der Waals surface area contributed by atoms with Crippen molar-refractivity contribution in [3.05, 3.63) is 11.6 Å². The lowest BCUT2D eigenvalue weighted by Crippen LogP contribution is -2.27. The van der Waals surface area contributed by atoms with Gasteiger partial charge in [-0.1, -0.05) is 18.9 Å². The topological polar surface area (TPSA) is 49.7 Å². The lowest BCUT2D eigenvalue weighted by Gasteiger charge is -2.36. The molecule has 1 aliphatic heterocycles. The molecule has 3 aliphatic rings. The Labute approximate surface area is 109 Å². The maximum Gasteiger partial charge on any atom is 0.107 e. The number of rotatable bonds is 2. The molecule has 1 heterocycles. The van der Waals surface area contributed by atoms with E-state index in [1.807, 2.05) is 0 Å². The van der Waals surface area contributed by atoms with Crippen LogP contribution in [0.1, 0.15) is 44.9 Å². The zero-order valence-electron chi connectivity index (χ0n) is 10.9. The van der Waals surface area contributed by atoms with Crippen LogP contribution in [0.4, 0.5) is 0 Å². The van der Waals surface area contributed by atoms with Gasteiger partial charge in [-0.25, -0.2) is 0 Å². The van der Waals surface area contributed by atoms with Gasteiger partial charge in [0.1, 0.15) is 6.10 Å². The molecule has 102 valence electrons. The van der Waals surface area contributed by atoms with Gasteiger partial charge in [0.15, 0.2) is 0 Å². The first-order chi connectivity index (χ1) is 8.78. The predicted molar refractivity (Wildman–Crippen MR) is 69.1 cm³/mol. The molecule has 0 aromatic carbocycles. The van der Waals surface area contributed by atoms with Gasteiger partial charge in [-0.05, 0) is 43.1 Å². The van der Waals surface area contributed by atoms with Crippen molar-refractivity contribution >= 4 is 0 Å². The number of allylic oxidation sites excluding steroid dienone is 1. The fourth-order valence-electron chi connectivity index (χ4n) is 3.95. The van der Waals surface area contributed by atoms with Gasteiger partial charge in [0.25, 0.3) is 0 Å². The summed E-state index contributed by atoms with van der Waals surface area (Å²) in [5.74, 6) is 1.73. The van der Waals surface area contributed by atoms with Gasteiger partial charge >= 0.3 is 0 Å². The van der Waals surface area contributed by atoms with Gasteiger partial charge in [-0.2, -0.15) is 0 Å². The Kier molecular flexibility index (Phi) is 3.73. The molecule has 3 nitrogen and oxygen atoms in total. The first kappa shape index (κ1) is 12.6. The van der Waals surface area contributed by atoms with Crippen molar-refractivity contribution in [1.82, 2.24) is 0 Å².